The zero-order valence-electron chi connectivity index (χ0n) is 33.9. The number of rotatable bonds is 10. The number of hydrogen-bond donors (Lipinski definition) is 3. The van der Waals surface area contributed by atoms with Gasteiger partial charge in [-0.15, -0.1) is 0 Å². The lowest BCUT2D eigenvalue weighted by Gasteiger charge is -2.68. The number of carbonyl (C=O) groups excluding carboxylic acids is 1. The number of carbonyl (C=O) groups is 2. The zero-order chi connectivity index (χ0) is 38.8. The van der Waals surface area contributed by atoms with Crippen LogP contribution in [0.5, 0.6) is 5.88 Å². The Morgan fingerprint density at radius 3 is 2.47 bits per heavy atom. The number of primary amides is 1. The summed E-state index contributed by atoms with van der Waals surface area (Å²) in [6.07, 6.45) is 19.6. The van der Waals surface area contributed by atoms with Gasteiger partial charge in [0, 0.05) is 60.1 Å². The number of allylic oxidation sites excluding steroid dienone is 4. The highest BCUT2D eigenvalue weighted by molar-refractivity contribution is 7.85. The Morgan fingerprint density at radius 2 is 1.75 bits per heavy atom. The van der Waals surface area contributed by atoms with Gasteiger partial charge in [0.1, 0.15) is 17.7 Å². The molecule has 7 aliphatic rings. The molecule has 9 atom stereocenters. The Labute approximate surface area is 331 Å². The van der Waals surface area contributed by atoms with Crippen LogP contribution in [0.3, 0.4) is 0 Å². The number of nitrogens with one attached hydrogen (secondary N) is 1. The second-order valence-corrected chi connectivity index (χ2v) is 21.6. The van der Waals surface area contributed by atoms with E-state index in [0.717, 1.165) is 67.8 Å². The molecule has 1 aromatic rings. The van der Waals surface area contributed by atoms with Gasteiger partial charge in [0.05, 0.1) is 0 Å². The summed E-state index contributed by atoms with van der Waals surface area (Å²) in [6, 6.07) is 4.82. The monoisotopic (exact) mass is 774 g/mol. The van der Waals surface area contributed by atoms with Gasteiger partial charge >= 0.3 is 5.97 Å². The molecule has 2 heterocycles. The molecule has 1 aromatic heterocycles. The topological polar surface area (TPSA) is 135 Å². The van der Waals surface area contributed by atoms with Gasteiger partial charge in [-0.25, -0.2) is 4.98 Å². The number of carboxylic acids is 1. The van der Waals surface area contributed by atoms with Crippen molar-refractivity contribution in [3.63, 3.8) is 0 Å². The fourth-order valence-electron chi connectivity index (χ4n) is 14.4. The van der Waals surface area contributed by atoms with Gasteiger partial charge in [-0.3, -0.25) is 13.8 Å². The highest BCUT2D eigenvalue weighted by atomic mass is 32.2. The van der Waals surface area contributed by atoms with E-state index in [2.05, 4.69) is 55.0 Å². The maximum Gasteiger partial charge on any atom is 0.313 e. The SMILES string of the molecule is CC1(C)C(C2=CCC(COc3cccc(C(N)=O)n3)(C(=O)O)CC2)=CCC2(C)C1CC[C@@]1(C)C3CCC4(NCCN5CCS(=O)CC5)CCC[C@@H]4C3CCC21. The summed E-state index contributed by atoms with van der Waals surface area (Å²) in [6.45, 7) is 14.4. The van der Waals surface area contributed by atoms with E-state index in [1.807, 2.05) is 0 Å². The van der Waals surface area contributed by atoms with E-state index in [1.54, 1.807) is 12.1 Å². The molecule has 0 bridgehead atoms. The number of pyridine rings is 1. The van der Waals surface area contributed by atoms with Crippen LogP contribution in [0.2, 0.25) is 0 Å². The number of ether oxygens (including phenoxy) is 1. The number of aromatic nitrogens is 1. The molecule has 0 spiro atoms. The number of aliphatic carboxylic acids is 1. The predicted molar refractivity (Wildman–Crippen MR) is 217 cm³/mol. The van der Waals surface area contributed by atoms with E-state index in [4.69, 9.17) is 10.5 Å². The predicted octanol–water partition coefficient (Wildman–Crippen LogP) is 7.15. The highest BCUT2D eigenvalue weighted by Crippen LogP contribution is 2.72. The van der Waals surface area contributed by atoms with Crippen molar-refractivity contribution in [2.24, 2.45) is 57.0 Å². The van der Waals surface area contributed by atoms with Gasteiger partial charge in [0.15, 0.2) is 0 Å². The van der Waals surface area contributed by atoms with Crippen LogP contribution in [-0.2, 0) is 15.6 Å². The average Bonchev–Trinajstić information content (AvgIpc) is 3.59. The van der Waals surface area contributed by atoms with Crippen LogP contribution in [-0.4, -0.2) is 80.9 Å². The fraction of sp³-hybridized carbons (Fsp3) is 0.756. The smallest absolute Gasteiger partial charge is 0.313 e. The third-order valence-electron chi connectivity index (χ3n) is 17.1. The van der Waals surface area contributed by atoms with Crippen molar-refractivity contribution in [1.29, 1.82) is 0 Å². The van der Waals surface area contributed by atoms with Gasteiger partial charge in [0.25, 0.3) is 5.91 Å². The van der Waals surface area contributed by atoms with Gasteiger partial charge in [0.2, 0.25) is 5.88 Å². The number of amides is 1. The first-order valence-electron chi connectivity index (χ1n) is 21.6. The van der Waals surface area contributed by atoms with E-state index in [0.29, 0.717) is 36.1 Å². The first-order valence-corrected chi connectivity index (χ1v) is 23.1. The van der Waals surface area contributed by atoms with Crippen molar-refractivity contribution in [3.05, 3.63) is 47.2 Å². The molecule has 1 amide bonds. The van der Waals surface area contributed by atoms with Crippen LogP contribution in [0.15, 0.2) is 41.5 Å². The molecule has 9 nitrogen and oxygen atoms in total. The minimum Gasteiger partial charge on any atom is -0.481 e. The van der Waals surface area contributed by atoms with Gasteiger partial charge < -0.3 is 25.8 Å². The summed E-state index contributed by atoms with van der Waals surface area (Å²) in [7, 11) is -0.614. The molecule has 4 N–H and O–H groups in total. The third kappa shape index (κ3) is 6.75. The number of nitrogens with two attached hydrogens (primary N) is 1. The van der Waals surface area contributed by atoms with Crippen molar-refractivity contribution in [2.45, 2.75) is 117 Å². The number of fused-ring (bicyclic) bond motifs is 7. The summed E-state index contributed by atoms with van der Waals surface area (Å²) in [5, 5.41) is 14.7. The first-order chi connectivity index (χ1) is 26.2. The highest BCUT2D eigenvalue weighted by Gasteiger charge is 2.65. The Kier molecular flexibility index (Phi) is 10.5. The Hall–Kier alpha value is -2.56. The molecule has 302 valence electrons. The maximum atomic E-state index is 12.7. The number of carboxylic acid groups (broad SMARTS) is 1. The van der Waals surface area contributed by atoms with Crippen molar-refractivity contribution < 1.29 is 23.6 Å². The normalized spacial score (nSPS) is 40.1. The molecule has 5 fully saturated rings. The van der Waals surface area contributed by atoms with Crippen LogP contribution in [0, 0.1) is 51.2 Å². The van der Waals surface area contributed by atoms with Gasteiger partial charge in [-0.1, -0.05) is 52.3 Å². The summed E-state index contributed by atoms with van der Waals surface area (Å²) >= 11 is 0. The summed E-state index contributed by atoms with van der Waals surface area (Å²) < 4.78 is 17.8. The van der Waals surface area contributed by atoms with Crippen molar-refractivity contribution >= 4 is 22.7 Å². The van der Waals surface area contributed by atoms with Crippen molar-refractivity contribution in [3.8, 4) is 5.88 Å². The average molecular weight is 775 g/mol. The van der Waals surface area contributed by atoms with E-state index in [9.17, 15) is 18.9 Å². The minimum absolute atomic E-state index is 0.00632. The van der Waals surface area contributed by atoms with E-state index < -0.39 is 28.1 Å². The molecular weight excluding hydrogens is 709 g/mol. The van der Waals surface area contributed by atoms with Crippen LogP contribution < -0.4 is 15.8 Å². The molecule has 1 saturated heterocycles. The van der Waals surface area contributed by atoms with Crippen molar-refractivity contribution in [2.75, 3.05) is 44.3 Å². The van der Waals surface area contributed by atoms with E-state index in [1.165, 1.54) is 75.0 Å². The second kappa shape index (κ2) is 14.7. The largest absolute Gasteiger partial charge is 0.481 e. The zero-order valence-corrected chi connectivity index (χ0v) is 34.7. The molecule has 10 heteroatoms. The summed E-state index contributed by atoms with van der Waals surface area (Å²) in [4.78, 5) is 31.1. The molecule has 6 aliphatic carbocycles. The third-order valence-corrected chi connectivity index (χ3v) is 18.4. The van der Waals surface area contributed by atoms with E-state index >= 15 is 0 Å². The lowest BCUT2D eigenvalue weighted by Crippen LogP contribution is -2.64. The van der Waals surface area contributed by atoms with Gasteiger partial charge in [-0.2, -0.15) is 0 Å². The van der Waals surface area contributed by atoms with Crippen LogP contribution in [0.25, 0.3) is 0 Å². The summed E-state index contributed by atoms with van der Waals surface area (Å²) in [5.41, 5.74) is 8.19. The molecule has 8 rings (SSSR count). The number of nitrogens with zero attached hydrogens (tertiary/aromatic N) is 2. The molecule has 4 saturated carbocycles. The second-order valence-electron chi connectivity index (χ2n) is 19.9. The quantitative estimate of drug-likeness (QED) is 0.228. The molecule has 1 aliphatic heterocycles. The van der Waals surface area contributed by atoms with Crippen LogP contribution in [0.1, 0.15) is 122 Å². The minimum atomic E-state index is -1.05. The van der Waals surface area contributed by atoms with Crippen LogP contribution in [0.4, 0.5) is 0 Å². The molecule has 0 radical (unpaired) electrons. The lowest BCUT2D eigenvalue weighted by atomic mass is 9.37. The van der Waals surface area contributed by atoms with Gasteiger partial charge in [-0.05, 0) is 140 Å². The Bertz CT molecular complexity index is 1750. The first kappa shape index (κ1) is 39.3. The maximum absolute atomic E-state index is 12.7. The lowest BCUT2D eigenvalue weighted by molar-refractivity contribution is -0.175. The van der Waals surface area contributed by atoms with E-state index in [-0.39, 0.29) is 29.0 Å². The fourth-order valence-corrected chi connectivity index (χ4v) is 15.5. The Morgan fingerprint density at radius 1 is 0.945 bits per heavy atom. The Balaban J connectivity index is 0.955. The van der Waals surface area contributed by atoms with Crippen LogP contribution >= 0.6 is 0 Å². The molecular formula is C45H66N4O5S. The molecule has 55 heavy (non-hydrogen) atoms. The molecule has 7 unspecified atom stereocenters. The number of hydrogen-bond acceptors (Lipinski definition) is 7. The summed E-state index contributed by atoms with van der Waals surface area (Å²) in [5.74, 6) is 4.16. The molecule has 0 aromatic carbocycles. The standard InChI is InChI=1S/C45H66N4O5S/c1-41(2)32(30-12-20-44(21-13-30,40(51)52)29-54-38-9-5-8-35(48-38)39(46)50)14-18-43(4)36(41)16-19-42(3)33-15-22-45(47-23-24-49-25-27-55(53)28-26-49)17-6-7-34(45)31(33)10-11-37(42)43/h5,8-9,12,14,31,33-34,36-37,47H,6-7,10-11,13,15-29H2,1-4H3,(H2,46,50)(H,51,52)/t31?,33?,34-,36?,37?,42+,43?,44?,45?/m1/s1. The van der Waals surface area contributed by atoms with Crippen molar-refractivity contribution in [1.82, 2.24) is 15.2 Å².